The first-order valence-corrected chi connectivity index (χ1v) is 7.68. The van der Waals surface area contributed by atoms with Crippen LogP contribution in [0.25, 0.3) is 0 Å². The standard InChI is InChI=1S/C18H22ClNO/c1-14(2)11-20-12-15-3-5-16(6-4-15)13-21-18-9-7-17(19)8-10-18/h3-10,14,20H,11-13H2,1-2H3. The minimum absolute atomic E-state index is 0.571. The quantitative estimate of drug-likeness (QED) is 0.803. The van der Waals surface area contributed by atoms with Crippen molar-refractivity contribution < 1.29 is 4.74 Å². The largest absolute Gasteiger partial charge is 0.489 e. The first-order valence-electron chi connectivity index (χ1n) is 7.30. The third-order valence-electron chi connectivity index (χ3n) is 3.12. The molecule has 0 aromatic heterocycles. The Hall–Kier alpha value is -1.51. The summed E-state index contributed by atoms with van der Waals surface area (Å²) in [6.45, 7) is 6.95. The fraction of sp³-hybridized carbons (Fsp3) is 0.333. The smallest absolute Gasteiger partial charge is 0.119 e. The highest BCUT2D eigenvalue weighted by atomic mass is 35.5. The van der Waals surface area contributed by atoms with Crippen LogP contribution in [0.1, 0.15) is 25.0 Å². The Morgan fingerprint density at radius 1 is 0.952 bits per heavy atom. The lowest BCUT2D eigenvalue weighted by atomic mass is 10.1. The van der Waals surface area contributed by atoms with Crippen molar-refractivity contribution in [2.24, 2.45) is 5.92 Å². The zero-order valence-corrected chi connectivity index (χ0v) is 13.4. The van der Waals surface area contributed by atoms with Gasteiger partial charge < -0.3 is 10.1 Å². The van der Waals surface area contributed by atoms with Crippen LogP contribution < -0.4 is 10.1 Å². The van der Waals surface area contributed by atoms with E-state index in [0.717, 1.165) is 29.4 Å². The molecule has 0 atom stereocenters. The summed E-state index contributed by atoms with van der Waals surface area (Å²) in [7, 11) is 0. The molecule has 0 aliphatic heterocycles. The summed E-state index contributed by atoms with van der Waals surface area (Å²) in [5, 5.41) is 4.16. The van der Waals surface area contributed by atoms with Crippen LogP contribution in [0.3, 0.4) is 0 Å². The van der Waals surface area contributed by atoms with E-state index in [9.17, 15) is 0 Å². The predicted octanol–water partition coefficient (Wildman–Crippen LogP) is 4.66. The summed E-state index contributed by atoms with van der Waals surface area (Å²) < 4.78 is 5.73. The van der Waals surface area contributed by atoms with Crippen molar-refractivity contribution in [2.45, 2.75) is 27.0 Å². The van der Waals surface area contributed by atoms with Gasteiger partial charge in [-0.05, 0) is 47.9 Å². The van der Waals surface area contributed by atoms with Gasteiger partial charge in [0.05, 0.1) is 0 Å². The third kappa shape index (κ3) is 5.78. The SMILES string of the molecule is CC(C)CNCc1ccc(COc2ccc(Cl)cc2)cc1. The monoisotopic (exact) mass is 303 g/mol. The minimum atomic E-state index is 0.571. The number of ether oxygens (including phenoxy) is 1. The topological polar surface area (TPSA) is 21.3 Å². The third-order valence-corrected chi connectivity index (χ3v) is 3.38. The van der Waals surface area contributed by atoms with Crippen LogP contribution in [0.2, 0.25) is 5.02 Å². The van der Waals surface area contributed by atoms with Crippen molar-refractivity contribution in [3.63, 3.8) is 0 Å². The van der Waals surface area contributed by atoms with Crippen LogP contribution in [0.4, 0.5) is 0 Å². The molecular formula is C18H22ClNO. The van der Waals surface area contributed by atoms with Gasteiger partial charge in [0.2, 0.25) is 0 Å². The normalized spacial score (nSPS) is 10.9. The number of hydrogen-bond acceptors (Lipinski definition) is 2. The van der Waals surface area contributed by atoms with Crippen molar-refractivity contribution in [2.75, 3.05) is 6.54 Å². The van der Waals surface area contributed by atoms with E-state index in [2.05, 4.69) is 43.4 Å². The van der Waals surface area contributed by atoms with Crippen LogP contribution in [-0.4, -0.2) is 6.54 Å². The van der Waals surface area contributed by atoms with Gasteiger partial charge in [-0.1, -0.05) is 49.7 Å². The molecule has 21 heavy (non-hydrogen) atoms. The first-order chi connectivity index (χ1) is 10.1. The molecule has 0 radical (unpaired) electrons. The van der Waals surface area contributed by atoms with Crippen molar-refractivity contribution in [1.29, 1.82) is 0 Å². The Morgan fingerprint density at radius 3 is 2.19 bits per heavy atom. The molecule has 1 N–H and O–H groups in total. The fourth-order valence-electron chi connectivity index (χ4n) is 1.96. The van der Waals surface area contributed by atoms with Crippen molar-refractivity contribution >= 4 is 11.6 Å². The number of benzene rings is 2. The van der Waals surface area contributed by atoms with E-state index >= 15 is 0 Å². The summed E-state index contributed by atoms with van der Waals surface area (Å²) in [4.78, 5) is 0. The minimum Gasteiger partial charge on any atom is -0.489 e. The molecule has 0 bridgehead atoms. The molecule has 0 heterocycles. The molecular weight excluding hydrogens is 282 g/mol. The molecule has 0 aliphatic carbocycles. The lowest BCUT2D eigenvalue weighted by molar-refractivity contribution is 0.306. The van der Waals surface area contributed by atoms with E-state index in [4.69, 9.17) is 16.3 Å². The molecule has 3 heteroatoms. The van der Waals surface area contributed by atoms with Gasteiger partial charge in [-0.25, -0.2) is 0 Å². The van der Waals surface area contributed by atoms with Crippen LogP contribution in [0.15, 0.2) is 48.5 Å². The zero-order valence-electron chi connectivity index (χ0n) is 12.6. The molecule has 2 nitrogen and oxygen atoms in total. The highest BCUT2D eigenvalue weighted by Gasteiger charge is 1.98. The van der Waals surface area contributed by atoms with Gasteiger partial charge >= 0.3 is 0 Å². The van der Waals surface area contributed by atoms with Gasteiger partial charge in [0.15, 0.2) is 0 Å². The highest BCUT2D eigenvalue weighted by Crippen LogP contribution is 2.17. The molecule has 0 spiro atoms. The molecule has 2 aromatic rings. The maximum absolute atomic E-state index is 5.85. The van der Waals surface area contributed by atoms with E-state index in [1.54, 1.807) is 0 Å². The highest BCUT2D eigenvalue weighted by molar-refractivity contribution is 6.30. The van der Waals surface area contributed by atoms with Crippen molar-refractivity contribution in [3.8, 4) is 5.75 Å². The maximum Gasteiger partial charge on any atom is 0.119 e. The number of rotatable bonds is 7. The lowest BCUT2D eigenvalue weighted by Crippen LogP contribution is -2.18. The van der Waals surface area contributed by atoms with Gasteiger partial charge in [-0.2, -0.15) is 0 Å². The second-order valence-corrected chi connectivity index (χ2v) is 6.02. The second-order valence-electron chi connectivity index (χ2n) is 5.58. The molecule has 2 rings (SSSR count). The molecule has 0 saturated carbocycles. The zero-order chi connectivity index (χ0) is 15.1. The van der Waals surface area contributed by atoms with Crippen LogP contribution in [-0.2, 0) is 13.2 Å². The number of nitrogens with one attached hydrogen (secondary N) is 1. The Bertz CT molecular complexity index is 534. The van der Waals surface area contributed by atoms with Crippen molar-refractivity contribution in [1.82, 2.24) is 5.32 Å². The van der Waals surface area contributed by atoms with E-state index < -0.39 is 0 Å². The first kappa shape index (κ1) is 15.9. The maximum atomic E-state index is 5.85. The summed E-state index contributed by atoms with van der Waals surface area (Å²) in [6.07, 6.45) is 0. The molecule has 0 amide bonds. The van der Waals surface area contributed by atoms with E-state index in [1.807, 2.05) is 24.3 Å². The number of hydrogen-bond donors (Lipinski definition) is 1. The Balaban J connectivity index is 1.80. The summed E-state index contributed by atoms with van der Waals surface area (Å²) in [5.74, 6) is 1.51. The van der Waals surface area contributed by atoms with E-state index in [-0.39, 0.29) is 0 Å². The Morgan fingerprint density at radius 2 is 1.57 bits per heavy atom. The molecule has 112 valence electrons. The van der Waals surface area contributed by atoms with E-state index in [1.165, 1.54) is 5.56 Å². The Labute approximate surface area is 132 Å². The molecule has 0 aliphatic rings. The summed E-state index contributed by atoms with van der Waals surface area (Å²) >= 11 is 5.85. The van der Waals surface area contributed by atoms with E-state index in [0.29, 0.717) is 12.5 Å². The van der Waals surface area contributed by atoms with Gasteiger partial charge in [0.25, 0.3) is 0 Å². The van der Waals surface area contributed by atoms with Gasteiger partial charge in [-0.15, -0.1) is 0 Å². The molecule has 0 fully saturated rings. The second kappa shape index (κ2) is 8.06. The van der Waals surface area contributed by atoms with Crippen LogP contribution in [0.5, 0.6) is 5.75 Å². The fourth-order valence-corrected chi connectivity index (χ4v) is 2.08. The van der Waals surface area contributed by atoms with Crippen LogP contribution in [0, 0.1) is 5.92 Å². The van der Waals surface area contributed by atoms with Crippen molar-refractivity contribution in [3.05, 3.63) is 64.7 Å². The molecule has 0 saturated heterocycles. The average molecular weight is 304 g/mol. The Kier molecular flexibility index (Phi) is 6.09. The predicted molar refractivity (Wildman–Crippen MR) is 88.8 cm³/mol. The van der Waals surface area contributed by atoms with Gasteiger partial charge in [0.1, 0.15) is 12.4 Å². The van der Waals surface area contributed by atoms with Gasteiger partial charge in [-0.3, -0.25) is 0 Å². The average Bonchev–Trinajstić information content (AvgIpc) is 2.48. The summed E-state index contributed by atoms with van der Waals surface area (Å²) in [6, 6.07) is 16.0. The number of halogens is 1. The van der Waals surface area contributed by atoms with Crippen LogP contribution >= 0.6 is 11.6 Å². The van der Waals surface area contributed by atoms with Gasteiger partial charge in [0, 0.05) is 11.6 Å². The molecule has 0 unspecified atom stereocenters. The summed E-state index contributed by atoms with van der Waals surface area (Å²) in [5.41, 5.74) is 2.46. The lowest BCUT2D eigenvalue weighted by Gasteiger charge is -2.09. The molecule has 2 aromatic carbocycles.